The molecule has 3 atom stereocenters. The Morgan fingerprint density at radius 3 is 2.62 bits per heavy atom. The van der Waals surface area contributed by atoms with Gasteiger partial charge in [0.25, 0.3) is 0 Å². The monoisotopic (exact) mass is 509 g/mol. The fraction of sp³-hybridized carbons (Fsp3) is 0.517. The van der Waals surface area contributed by atoms with Gasteiger partial charge in [-0.25, -0.2) is 0 Å². The van der Waals surface area contributed by atoms with Gasteiger partial charge in [0, 0.05) is 42.7 Å². The van der Waals surface area contributed by atoms with Crippen LogP contribution in [-0.2, 0) is 22.6 Å². The van der Waals surface area contributed by atoms with Crippen LogP contribution in [-0.4, -0.2) is 72.7 Å². The maximum Gasteiger partial charge on any atom is 0.227 e. The topological polar surface area (TPSA) is 91.3 Å². The predicted molar refractivity (Wildman–Crippen MR) is 143 cm³/mol. The second-order valence-corrected chi connectivity index (χ2v) is 10.5. The van der Waals surface area contributed by atoms with Crippen LogP contribution in [0.25, 0.3) is 0 Å². The molecule has 0 unspecified atom stereocenters. The SMILES string of the molecule is COc1ccc(CN(C)C[C@H]2Oc3ccc(NC(=O)C4CC4)cc3CC(=O)N([C@H](C)CO)C[C@@H]2C)cc1. The third kappa shape index (κ3) is 7.02. The third-order valence-electron chi connectivity index (χ3n) is 7.24. The number of aliphatic hydroxyl groups excluding tert-OH is 1. The molecule has 0 aromatic heterocycles. The van der Waals surface area contributed by atoms with Gasteiger partial charge in [-0.05, 0) is 62.7 Å². The van der Waals surface area contributed by atoms with E-state index in [4.69, 9.17) is 9.47 Å². The molecule has 200 valence electrons. The molecule has 0 spiro atoms. The first kappa shape index (κ1) is 26.9. The first-order chi connectivity index (χ1) is 17.8. The van der Waals surface area contributed by atoms with E-state index < -0.39 is 0 Å². The summed E-state index contributed by atoms with van der Waals surface area (Å²) >= 11 is 0. The van der Waals surface area contributed by atoms with Gasteiger partial charge >= 0.3 is 0 Å². The Labute approximate surface area is 219 Å². The first-order valence-corrected chi connectivity index (χ1v) is 13.1. The van der Waals surface area contributed by atoms with Crippen LogP contribution >= 0.6 is 0 Å². The number of likely N-dealkylation sites (N-methyl/N-ethyl adjacent to an activating group) is 1. The van der Waals surface area contributed by atoms with Crippen molar-refractivity contribution in [3.63, 3.8) is 0 Å². The molecule has 0 radical (unpaired) electrons. The van der Waals surface area contributed by atoms with Gasteiger partial charge in [-0.15, -0.1) is 0 Å². The highest BCUT2D eigenvalue weighted by Gasteiger charge is 2.32. The van der Waals surface area contributed by atoms with E-state index in [0.717, 1.165) is 30.7 Å². The lowest BCUT2D eigenvalue weighted by molar-refractivity contribution is -0.134. The molecule has 2 N–H and O–H groups in total. The van der Waals surface area contributed by atoms with Crippen molar-refractivity contribution in [3.05, 3.63) is 53.6 Å². The standard InChI is InChI=1S/C29H39N3O5/c1-19-15-32(20(2)18-33)28(34)14-23-13-24(30-29(35)22-7-8-22)9-12-26(23)37-27(19)17-31(3)16-21-5-10-25(36-4)11-6-21/h5-6,9-13,19-20,22,27,33H,7-8,14-18H2,1-4H3,(H,30,35)/t19-,20+,27+/m0/s1. The average molecular weight is 510 g/mol. The molecule has 2 aromatic rings. The summed E-state index contributed by atoms with van der Waals surface area (Å²) in [6, 6.07) is 13.3. The molecule has 4 rings (SSSR count). The molecule has 1 aliphatic carbocycles. The summed E-state index contributed by atoms with van der Waals surface area (Å²) in [5.41, 5.74) is 2.58. The minimum atomic E-state index is -0.299. The van der Waals surface area contributed by atoms with Crippen molar-refractivity contribution in [1.82, 2.24) is 9.80 Å². The van der Waals surface area contributed by atoms with Crippen molar-refractivity contribution in [2.45, 2.75) is 51.8 Å². The molecule has 0 bridgehead atoms. The highest BCUT2D eigenvalue weighted by molar-refractivity contribution is 5.94. The van der Waals surface area contributed by atoms with E-state index in [1.54, 1.807) is 12.0 Å². The van der Waals surface area contributed by atoms with Crippen molar-refractivity contribution in [2.24, 2.45) is 11.8 Å². The number of rotatable bonds is 9. The van der Waals surface area contributed by atoms with Crippen LogP contribution in [0.5, 0.6) is 11.5 Å². The number of ether oxygens (including phenoxy) is 2. The van der Waals surface area contributed by atoms with E-state index in [1.807, 2.05) is 37.3 Å². The molecule has 0 saturated heterocycles. The van der Waals surface area contributed by atoms with E-state index in [0.29, 0.717) is 24.5 Å². The smallest absolute Gasteiger partial charge is 0.227 e. The number of nitrogens with zero attached hydrogens (tertiary/aromatic N) is 2. The molecule has 2 aliphatic rings. The van der Waals surface area contributed by atoms with Crippen LogP contribution < -0.4 is 14.8 Å². The predicted octanol–water partition coefficient (Wildman–Crippen LogP) is 3.32. The molecule has 37 heavy (non-hydrogen) atoms. The molecule has 1 saturated carbocycles. The van der Waals surface area contributed by atoms with Gasteiger partial charge in [0.15, 0.2) is 0 Å². The van der Waals surface area contributed by atoms with Gasteiger partial charge in [-0.2, -0.15) is 0 Å². The lowest BCUT2D eigenvalue weighted by atomic mass is 10.0. The first-order valence-electron chi connectivity index (χ1n) is 13.1. The van der Waals surface area contributed by atoms with E-state index in [2.05, 4.69) is 36.3 Å². The van der Waals surface area contributed by atoms with Crippen LogP contribution in [0.2, 0.25) is 0 Å². The summed E-state index contributed by atoms with van der Waals surface area (Å²) in [5.74, 6) is 1.57. The second kappa shape index (κ2) is 12.0. The molecule has 8 nitrogen and oxygen atoms in total. The zero-order valence-corrected chi connectivity index (χ0v) is 22.3. The highest BCUT2D eigenvalue weighted by atomic mass is 16.5. The van der Waals surface area contributed by atoms with E-state index in [9.17, 15) is 14.7 Å². The molecule has 1 aliphatic heterocycles. The van der Waals surface area contributed by atoms with Crippen LogP contribution in [0.3, 0.4) is 0 Å². The summed E-state index contributed by atoms with van der Waals surface area (Å²) in [6.07, 6.45) is 1.81. The van der Waals surface area contributed by atoms with Crippen molar-refractivity contribution >= 4 is 17.5 Å². The Kier molecular flexibility index (Phi) is 8.71. The van der Waals surface area contributed by atoms with Crippen LogP contribution in [0.1, 0.15) is 37.8 Å². The molecule has 1 fully saturated rings. The summed E-state index contributed by atoms with van der Waals surface area (Å²) in [5, 5.41) is 12.8. The number of anilines is 1. The minimum Gasteiger partial charge on any atom is -0.497 e. The maximum absolute atomic E-state index is 13.4. The molecule has 2 aromatic carbocycles. The maximum atomic E-state index is 13.4. The van der Waals surface area contributed by atoms with Gasteiger partial charge < -0.3 is 24.8 Å². The lowest BCUT2D eigenvalue weighted by Gasteiger charge is -2.34. The van der Waals surface area contributed by atoms with Gasteiger partial charge in [-0.1, -0.05) is 19.1 Å². The summed E-state index contributed by atoms with van der Waals surface area (Å²) < 4.78 is 11.9. The van der Waals surface area contributed by atoms with Crippen molar-refractivity contribution in [2.75, 3.05) is 39.2 Å². The van der Waals surface area contributed by atoms with E-state index in [-0.39, 0.29) is 48.8 Å². The Morgan fingerprint density at radius 1 is 1.24 bits per heavy atom. The zero-order valence-electron chi connectivity index (χ0n) is 22.3. The van der Waals surface area contributed by atoms with E-state index >= 15 is 0 Å². The molecule has 2 amide bonds. The number of fused-ring (bicyclic) bond motifs is 1. The number of aliphatic hydroxyl groups is 1. The Balaban J connectivity index is 1.56. The molecular formula is C29H39N3O5. The number of carbonyl (C=O) groups excluding carboxylic acids is 2. The molecular weight excluding hydrogens is 470 g/mol. The number of amides is 2. The lowest BCUT2D eigenvalue weighted by Crippen LogP contribution is -2.47. The van der Waals surface area contributed by atoms with E-state index in [1.165, 1.54) is 5.56 Å². The second-order valence-electron chi connectivity index (χ2n) is 10.5. The summed E-state index contributed by atoms with van der Waals surface area (Å²) in [4.78, 5) is 29.6. The Bertz CT molecular complexity index is 1090. The van der Waals surface area contributed by atoms with Gasteiger partial charge in [0.05, 0.1) is 26.2 Å². The number of benzene rings is 2. The van der Waals surface area contributed by atoms with Crippen molar-refractivity contribution in [3.8, 4) is 11.5 Å². The third-order valence-corrected chi connectivity index (χ3v) is 7.24. The number of nitrogens with one attached hydrogen (secondary N) is 1. The molecule has 1 heterocycles. The number of hydrogen-bond acceptors (Lipinski definition) is 6. The number of methoxy groups -OCH3 is 1. The zero-order chi connectivity index (χ0) is 26.5. The van der Waals surface area contributed by atoms with Crippen molar-refractivity contribution in [1.29, 1.82) is 0 Å². The van der Waals surface area contributed by atoms with Crippen LogP contribution in [0, 0.1) is 11.8 Å². The Morgan fingerprint density at radius 2 is 1.97 bits per heavy atom. The normalized spacial score (nSPS) is 20.8. The highest BCUT2D eigenvalue weighted by Crippen LogP contribution is 2.32. The van der Waals surface area contributed by atoms with Gasteiger partial charge in [0.2, 0.25) is 11.8 Å². The number of hydrogen-bond donors (Lipinski definition) is 2. The number of carbonyl (C=O) groups is 2. The molecule has 8 heteroatoms. The summed E-state index contributed by atoms with van der Waals surface area (Å²) in [7, 11) is 3.72. The van der Waals surface area contributed by atoms with Crippen LogP contribution in [0.15, 0.2) is 42.5 Å². The summed E-state index contributed by atoms with van der Waals surface area (Å²) in [6.45, 7) is 5.73. The largest absolute Gasteiger partial charge is 0.497 e. The fourth-order valence-electron chi connectivity index (χ4n) is 4.73. The quantitative estimate of drug-likeness (QED) is 0.539. The minimum absolute atomic E-state index is 0.0245. The van der Waals surface area contributed by atoms with Gasteiger partial charge in [-0.3, -0.25) is 14.5 Å². The van der Waals surface area contributed by atoms with Gasteiger partial charge in [0.1, 0.15) is 17.6 Å². The van der Waals surface area contributed by atoms with Crippen molar-refractivity contribution < 1.29 is 24.2 Å². The average Bonchev–Trinajstić information content (AvgIpc) is 3.73. The van der Waals surface area contributed by atoms with Crippen LogP contribution in [0.4, 0.5) is 5.69 Å². The fourth-order valence-corrected chi connectivity index (χ4v) is 4.73. The Hall–Kier alpha value is -3.10.